The summed E-state index contributed by atoms with van der Waals surface area (Å²) in [6.45, 7) is 9.92. The van der Waals surface area contributed by atoms with Gasteiger partial charge in [-0.3, -0.25) is 4.90 Å². The predicted molar refractivity (Wildman–Crippen MR) is 73.9 cm³/mol. The van der Waals surface area contributed by atoms with E-state index >= 15 is 0 Å². The first kappa shape index (κ1) is 15.9. The highest BCUT2D eigenvalue weighted by atomic mass is 16.5. The zero-order valence-electron chi connectivity index (χ0n) is 11.8. The summed E-state index contributed by atoms with van der Waals surface area (Å²) in [5.41, 5.74) is 5.60. The van der Waals surface area contributed by atoms with Crippen LogP contribution in [0.5, 0.6) is 0 Å². The van der Waals surface area contributed by atoms with Crippen molar-refractivity contribution in [2.45, 2.75) is 12.8 Å². The first-order chi connectivity index (χ1) is 8.86. The van der Waals surface area contributed by atoms with Crippen molar-refractivity contribution in [3.8, 4) is 0 Å². The number of hydrogen-bond donors (Lipinski definition) is 1. The summed E-state index contributed by atoms with van der Waals surface area (Å²) in [5.74, 6) is 0. The second-order valence-electron chi connectivity index (χ2n) is 4.78. The molecule has 1 aliphatic rings. The molecule has 2 N–H and O–H groups in total. The number of nitrogens with two attached hydrogens (primary N) is 1. The van der Waals surface area contributed by atoms with Crippen molar-refractivity contribution in [1.29, 1.82) is 0 Å². The second-order valence-corrected chi connectivity index (χ2v) is 4.78. The predicted octanol–water partition coefficient (Wildman–Crippen LogP) is 0.00590. The molecule has 0 saturated carbocycles. The maximum atomic E-state index is 5.60. The fraction of sp³-hybridized carbons (Fsp3) is 1.00. The zero-order valence-corrected chi connectivity index (χ0v) is 11.8. The van der Waals surface area contributed by atoms with Gasteiger partial charge in [0, 0.05) is 53.0 Å². The molecule has 5 heteroatoms. The molecule has 1 rings (SSSR count). The summed E-state index contributed by atoms with van der Waals surface area (Å²) in [6.07, 6.45) is 2.23. The first-order valence-corrected chi connectivity index (χ1v) is 7.08. The highest BCUT2D eigenvalue weighted by Gasteiger charge is 2.13. The molecule has 0 spiro atoms. The third-order valence-electron chi connectivity index (χ3n) is 3.32. The van der Waals surface area contributed by atoms with Crippen LogP contribution in [0.3, 0.4) is 0 Å². The van der Waals surface area contributed by atoms with Gasteiger partial charge in [-0.25, -0.2) is 0 Å². The number of ether oxygens (including phenoxy) is 2. The Morgan fingerprint density at radius 1 is 0.944 bits per heavy atom. The average Bonchev–Trinajstić information content (AvgIpc) is 2.60. The second kappa shape index (κ2) is 10.7. The van der Waals surface area contributed by atoms with Crippen LogP contribution in [0.4, 0.5) is 0 Å². The number of hydrogen-bond acceptors (Lipinski definition) is 5. The van der Waals surface area contributed by atoms with Crippen LogP contribution in [0, 0.1) is 0 Å². The van der Waals surface area contributed by atoms with Gasteiger partial charge in [-0.15, -0.1) is 0 Å². The lowest BCUT2D eigenvalue weighted by Gasteiger charge is -2.21. The van der Waals surface area contributed by atoms with E-state index < -0.39 is 0 Å². The molecule has 0 aliphatic carbocycles. The van der Waals surface area contributed by atoms with E-state index in [0.29, 0.717) is 0 Å². The highest BCUT2D eigenvalue weighted by molar-refractivity contribution is 4.69. The van der Waals surface area contributed by atoms with Gasteiger partial charge in [0.25, 0.3) is 0 Å². The van der Waals surface area contributed by atoms with Gasteiger partial charge >= 0.3 is 0 Å². The van der Waals surface area contributed by atoms with Crippen molar-refractivity contribution in [1.82, 2.24) is 9.80 Å². The largest absolute Gasteiger partial charge is 0.385 e. The minimum Gasteiger partial charge on any atom is -0.385 e. The van der Waals surface area contributed by atoms with Crippen molar-refractivity contribution in [2.24, 2.45) is 5.73 Å². The lowest BCUT2D eigenvalue weighted by Crippen LogP contribution is -2.35. The summed E-state index contributed by atoms with van der Waals surface area (Å²) in [4.78, 5) is 4.95. The molecule has 18 heavy (non-hydrogen) atoms. The maximum Gasteiger partial charge on any atom is 0.0593 e. The Balaban J connectivity index is 2.01. The van der Waals surface area contributed by atoms with Gasteiger partial charge in [0.05, 0.1) is 6.61 Å². The van der Waals surface area contributed by atoms with E-state index in [4.69, 9.17) is 15.2 Å². The summed E-state index contributed by atoms with van der Waals surface area (Å²) in [6, 6.07) is 0. The summed E-state index contributed by atoms with van der Waals surface area (Å²) in [5, 5.41) is 0. The zero-order chi connectivity index (χ0) is 13.1. The first-order valence-electron chi connectivity index (χ1n) is 7.08. The molecule has 0 aromatic heterocycles. The Morgan fingerprint density at radius 3 is 2.33 bits per heavy atom. The summed E-state index contributed by atoms with van der Waals surface area (Å²) in [7, 11) is 1.73. The van der Waals surface area contributed by atoms with Crippen LogP contribution in [0.2, 0.25) is 0 Å². The molecule has 108 valence electrons. The maximum absolute atomic E-state index is 5.60. The van der Waals surface area contributed by atoms with Crippen molar-refractivity contribution < 1.29 is 9.47 Å². The van der Waals surface area contributed by atoms with Gasteiger partial charge in [-0.1, -0.05) is 0 Å². The van der Waals surface area contributed by atoms with E-state index in [1.807, 2.05) is 0 Å². The normalized spacial score (nSPS) is 19.0. The molecule has 0 bridgehead atoms. The molecule has 5 nitrogen and oxygen atoms in total. The van der Waals surface area contributed by atoms with Crippen molar-refractivity contribution >= 4 is 0 Å². The molecule has 1 fully saturated rings. The monoisotopic (exact) mass is 259 g/mol. The summed E-state index contributed by atoms with van der Waals surface area (Å²) >= 11 is 0. The Bertz CT molecular complexity index is 193. The lowest BCUT2D eigenvalue weighted by molar-refractivity contribution is 0.0844. The number of rotatable bonds is 9. The van der Waals surface area contributed by atoms with Gasteiger partial charge < -0.3 is 20.1 Å². The number of methoxy groups -OCH3 is 1. The SMILES string of the molecule is COCCCOCCN1CCCN(CCN)CC1. The van der Waals surface area contributed by atoms with E-state index in [-0.39, 0.29) is 0 Å². The quantitative estimate of drug-likeness (QED) is 0.591. The fourth-order valence-electron chi connectivity index (χ4n) is 2.26. The number of nitrogens with zero attached hydrogens (tertiary/aromatic N) is 2. The van der Waals surface area contributed by atoms with Crippen LogP contribution in [-0.4, -0.2) is 82.5 Å². The van der Waals surface area contributed by atoms with Gasteiger partial charge in [0.15, 0.2) is 0 Å². The lowest BCUT2D eigenvalue weighted by atomic mass is 10.4. The van der Waals surface area contributed by atoms with Crippen LogP contribution in [0.25, 0.3) is 0 Å². The molecule has 0 atom stereocenters. The van der Waals surface area contributed by atoms with Gasteiger partial charge in [-0.2, -0.15) is 0 Å². The molecule has 0 amide bonds. The van der Waals surface area contributed by atoms with Crippen LogP contribution >= 0.6 is 0 Å². The van der Waals surface area contributed by atoms with Crippen molar-refractivity contribution in [3.05, 3.63) is 0 Å². The van der Waals surface area contributed by atoms with Crippen LogP contribution in [0.15, 0.2) is 0 Å². The molecule has 0 radical (unpaired) electrons. The standard InChI is InChI=1S/C13H29N3O2/c1-17-11-3-12-18-13-10-16-6-2-5-15(7-4-14)8-9-16/h2-14H2,1H3. The smallest absolute Gasteiger partial charge is 0.0593 e. The third kappa shape index (κ3) is 7.28. The fourth-order valence-corrected chi connectivity index (χ4v) is 2.26. The molecule has 1 saturated heterocycles. The molecule has 0 unspecified atom stereocenters. The topological polar surface area (TPSA) is 51.0 Å². The molecular weight excluding hydrogens is 230 g/mol. The molecule has 1 aliphatic heterocycles. The van der Waals surface area contributed by atoms with E-state index in [1.165, 1.54) is 19.5 Å². The minimum absolute atomic E-state index is 0.766. The molecule has 0 aromatic carbocycles. The van der Waals surface area contributed by atoms with Crippen LogP contribution in [-0.2, 0) is 9.47 Å². The van der Waals surface area contributed by atoms with Gasteiger partial charge in [-0.05, 0) is 25.9 Å². The molecule has 1 heterocycles. The van der Waals surface area contributed by atoms with E-state index in [0.717, 1.165) is 59.0 Å². The van der Waals surface area contributed by atoms with Crippen molar-refractivity contribution in [3.63, 3.8) is 0 Å². The summed E-state index contributed by atoms with van der Waals surface area (Å²) < 4.78 is 10.6. The van der Waals surface area contributed by atoms with Gasteiger partial charge in [0.1, 0.15) is 0 Å². The van der Waals surface area contributed by atoms with E-state index in [1.54, 1.807) is 7.11 Å². The van der Waals surface area contributed by atoms with Gasteiger partial charge in [0.2, 0.25) is 0 Å². The Morgan fingerprint density at radius 2 is 1.67 bits per heavy atom. The Labute approximate surface area is 111 Å². The highest BCUT2D eigenvalue weighted by Crippen LogP contribution is 2.02. The van der Waals surface area contributed by atoms with E-state index in [9.17, 15) is 0 Å². The minimum atomic E-state index is 0.766. The van der Waals surface area contributed by atoms with Crippen LogP contribution in [0.1, 0.15) is 12.8 Å². The average molecular weight is 259 g/mol. The van der Waals surface area contributed by atoms with E-state index in [2.05, 4.69) is 9.80 Å². The van der Waals surface area contributed by atoms with Crippen molar-refractivity contribution in [2.75, 3.05) is 72.7 Å². The Hall–Kier alpha value is -0.200. The molecular formula is C13H29N3O2. The third-order valence-corrected chi connectivity index (χ3v) is 3.32. The molecule has 0 aromatic rings. The Kier molecular flexibility index (Phi) is 9.42. The van der Waals surface area contributed by atoms with Crippen LogP contribution < -0.4 is 5.73 Å².